The van der Waals surface area contributed by atoms with Gasteiger partial charge in [0.25, 0.3) is 0 Å². The van der Waals surface area contributed by atoms with E-state index in [4.69, 9.17) is 0 Å². The molecule has 0 bridgehead atoms. The number of hydrogen-bond acceptors (Lipinski definition) is 4. The van der Waals surface area contributed by atoms with E-state index in [0.29, 0.717) is 17.9 Å². The van der Waals surface area contributed by atoms with E-state index in [2.05, 4.69) is 27.9 Å². The Morgan fingerprint density at radius 1 is 1.11 bits per heavy atom. The number of carbonyl (C=O) groups is 2. The molecule has 3 aromatic rings. The molecule has 0 saturated heterocycles. The molecule has 0 aliphatic rings. The third-order valence-electron chi connectivity index (χ3n) is 4.33. The maximum Gasteiger partial charge on any atom is 0.216 e. The number of para-hydroxylation sites is 2. The van der Waals surface area contributed by atoms with Crippen LogP contribution < -0.4 is 5.32 Å². The highest BCUT2D eigenvalue weighted by molar-refractivity contribution is 7.99. The fourth-order valence-electron chi connectivity index (χ4n) is 2.92. The molecule has 0 unspecified atom stereocenters. The predicted molar refractivity (Wildman–Crippen MR) is 109 cm³/mol. The molecule has 140 valence electrons. The third-order valence-corrected chi connectivity index (χ3v) is 5.31. The Balaban J connectivity index is 1.62. The van der Waals surface area contributed by atoms with Crippen LogP contribution in [0.15, 0.2) is 53.7 Å². The van der Waals surface area contributed by atoms with Gasteiger partial charge in [-0.05, 0) is 31.0 Å². The van der Waals surface area contributed by atoms with E-state index >= 15 is 0 Å². The van der Waals surface area contributed by atoms with Crippen molar-refractivity contribution in [2.24, 2.45) is 0 Å². The Bertz CT molecular complexity index is 948. The largest absolute Gasteiger partial charge is 0.356 e. The van der Waals surface area contributed by atoms with Gasteiger partial charge in [-0.2, -0.15) is 0 Å². The van der Waals surface area contributed by atoms with Gasteiger partial charge in [0.2, 0.25) is 5.91 Å². The quantitative estimate of drug-likeness (QED) is 0.477. The van der Waals surface area contributed by atoms with Crippen LogP contribution in [0.3, 0.4) is 0 Å². The molecule has 27 heavy (non-hydrogen) atoms. The Morgan fingerprint density at radius 3 is 2.56 bits per heavy atom. The Morgan fingerprint density at radius 2 is 1.85 bits per heavy atom. The van der Waals surface area contributed by atoms with E-state index < -0.39 is 0 Å². The molecular weight excluding hydrogens is 358 g/mol. The SMILES string of the molecule is CCn1c(SCC(=O)c2ccc(CCNC(C)=O)cc2)nc2ccccc21. The summed E-state index contributed by atoms with van der Waals surface area (Å²) in [5, 5.41) is 3.65. The first-order valence-electron chi connectivity index (χ1n) is 9.03. The average Bonchev–Trinajstić information content (AvgIpc) is 3.04. The molecule has 1 N–H and O–H groups in total. The predicted octanol–water partition coefficient (Wildman–Crippen LogP) is 3.71. The van der Waals surface area contributed by atoms with Crippen LogP contribution in [0.1, 0.15) is 29.8 Å². The van der Waals surface area contributed by atoms with Crippen molar-refractivity contribution in [3.8, 4) is 0 Å². The van der Waals surface area contributed by atoms with Gasteiger partial charge in [0.05, 0.1) is 16.8 Å². The van der Waals surface area contributed by atoms with Crippen molar-refractivity contribution in [2.45, 2.75) is 32.0 Å². The van der Waals surface area contributed by atoms with Crippen molar-refractivity contribution in [1.82, 2.24) is 14.9 Å². The first-order chi connectivity index (χ1) is 13.1. The fraction of sp³-hybridized carbons (Fsp3) is 0.286. The van der Waals surface area contributed by atoms with Gasteiger partial charge >= 0.3 is 0 Å². The van der Waals surface area contributed by atoms with Crippen LogP contribution in [0.4, 0.5) is 0 Å². The number of ketones is 1. The Kier molecular flexibility index (Phi) is 6.29. The number of benzene rings is 2. The van der Waals surface area contributed by atoms with Gasteiger partial charge in [-0.15, -0.1) is 0 Å². The molecule has 0 radical (unpaired) electrons. The first-order valence-corrected chi connectivity index (χ1v) is 10.0. The Labute approximate surface area is 163 Å². The molecule has 1 amide bonds. The number of carbonyl (C=O) groups excluding carboxylic acids is 2. The zero-order valence-electron chi connectivity index (χ0n) is 15.6. The fourth-order valence-corrected chi connectivity index (χ4v) is 3.90. The first kappa shape index (κ1) is 19.2. The number of hydrogen-bond donors (Lipinski definition) is 1. The number of amides is 1. The molecule has 5 nitrogen and oxygen atoms in total. The van der Waals surface area contributed by atoms with Crippen LogP contribution in [0.5, 0.6) is 0 Å². The minimum absolute atomic E-state index is 0.0306. The van der Waals surface area contributed by atoms with Gasteiger partial charge in [0.1, 0.15) is 0 Å². The van der Waals surface area contributed by atoms with Crippen molar-refractivity contribution in [3.05, 3.63) is 59.7 Å². The normalized spacial score (nSPS) is 10.9. The van der Waals surface area contributed by atoms with Gasteiger partial charge in [0, 0.05) is 25.6 Å². The monoisotopic (exact) mass is 381 g/mol. The maximum absolute atomic E-state index is 12.5. The van der Waals surface area contributed by atoms with E-state index in [1.54, 1.807) is 0 Å². The van der Waals surface area contributed by atoms with Gasteiger partial charge < -0.3 is 9.88 Å². The summed E-state index contributed by atoms with van der Waals surface area (Å²) in [6.45, 7) is 5.01. The molecule has 1 aromatic heterocycles. The second-order valence-corrected chi connectivity index (χ2v) is 7.21. The van der Waals surface area contributed by atoms with E-state index in [0.717, 1.165) is 34.7 Å². The topological polar surface area (TPSA) is 64.0 Å². The minimum atomic E-state index is -0.0306. The number of nitrogens with one attached hydrogen (secondary N) is 1. The summed E-state index contributed by atoms with van der Waals surface area (Å²) in [5.41, 5.74) is 3.85. The molecule has 0 spiro atoms. The summed E-state index contributed by atoms with van der Waals surface area (Å²) >= 11 is 1.48. The lowest BCUT2D eigenvalue weighted by Gasteiger charge is -2.06. The molecule has 0 aliphatic heterocycles. The van der Waals surface area contributed by atoms with Gasteiger partial charge in [-0.1, -0.05) is 48.2 Å². The average molecular weight is 382 g/mol. The number of nitrogens with zero attached hydrogens (tertiary/aromatic N) is 2. The summed E-state index contributed by atoms with van der Waals surface area (Å²) in [6, 6.07) is 15.6. The smallest absolute Gasteiger partial charge is 0.216 e. The molecule has 0 aliphatic carbocycles. The molecule has 3 rings (SSSR count). The van der Waals surface area contributed by atoms with Crippen LogP contribution in [0.25, 0.3) is 11.0 Å². The van der Waals surface area contributed by atoms with Crippen LogP contribution >= 0.6 is 11.8 Å². The molecule has 0 saturated carbocycles. The van der Waals surface area contributed by atoms with E-state index in [9.17, 15) is 9.59 Å². The van der Waals surface area contributed by atoms with Crippen molar-refractivity contribution < 1.29 is 9.59 Å². The number of thioether (sulfide) groups is 1. The highest BCUT2D eigenvalue weighted by Gasteiger charge is 2.13. The second-order valence-electron chi connectivity index (χ2n) is 6.27. The van der Waals surface area contributed by atoms with E-state index in [1.165, 1.54) is 18.7 Å². The molecule has 1 heterocycles. The summed E-state index contributed by atoms with van der Waals surface area (Å²) in [6.07, 6.45) is 0.753. The van der Waals surface area contributed by atoms with E-state index in [-0.39, 0.29) is 11.7 Å². The molecule has 0 atom stereocenters. The van der Waals surface area contributed by atoms with Crippen molar-refractivity contribution in [1.29, 1.82) is 0 Å². The number of aromatic nitrogens is 2. The lowest BCUT2D eigenvalue weighted by molar-refractivity contribution is -0.118. The maximum atomic E-state index is 12.5. The number of fused-ring (bicyclic) bond motifs is 1. The highest BCUT2D eigenvalue weighted by Crippen LogP contribution is 2.24. The number of aryl methyl sites for hydroxylation is 1. The summed E-state index contributed by atoms with van der Waals surface area (Å²) in [5.74, 6) is 0.411. The second kappa shape index (κ2) is 8.86. The molecule has 0 fully saturated rings. The summed E-state index contributed by atoms with van der Waals surface area (Å²) in [7, 11) is 0. The minimum Gasteiger partial charge on any atom is -0.356 e. The number of rotatable bonds is 8. The molecular formula is C21H23N3O2S. The third kappa shape index (κ3) is 4.77. The van der Waals surface area contributed by atoms with Gasteiger partial charge in [-0.3, -0.25) is 9.59 Å². The van der Waals surface area contributed by atoms with Gasteiger partial charge in [-0.25, -0.2) is 4.98 Å². The van der Waals surface area contributed by atoms with Crippen molar-refractivity contribution >= 4 is 34.5 Å². The number of Topliss-reactive ketones (excluding diaryl/α,β-unsaturated/α-hetero) is 1. The summed E-state index contributed by atoms with van der Waals surface area (Å²) < 4.78 is 2.14. The van der Waals surface area contributed by atoms with Gasteiger partial charge in [0.15, 0.2) is 10.9 Å². The van der Waals surface area contributed by atoms with Crippen LogP contribution in [0, 0.1) is 0 Å². The van der Waals surface area contributed by atoms with Crippen LogP contribution in [0.2, 0.25) is 0 Å². The zero-order valence-corrected chi connectivity index (χ0v) is 16.4. The zero-order chi connectivity index (χ0) is 19.2. The van der Waals surface area contributed by atoms with Crippen LogP contribution in [-0.2, 0) is 17.8 Å². The summed E-state index contributed by atoms with van der Waals surface area (Å²) in [4.78, 5) is 28.1. The highest BCUT2D eigenvalue weighted by atomic mass is 32.2. The van der Waals surface area contributed by atoms with Crippen molar-refractivity contribution in [2.75, 3.05) is 12.3 Å². The number of imidazole rings is 1. The van der Waals surface area contributed by atoms with E-state index in [1.807, 2.05) is 42.5 Å². The standard InChI is InChI=1S/C21H23N3O2S/c1-3-24-19-7-5-4-6-18(19)23-21(24)27-14-20(26)17-10-8-16(9-11-17)12-13-22-15(2)25/h4-11H,3,12-14H2,1-2H3,(H,22,25). The van der Waals surface area contributed by atoms with Crippen LogP contribution in [-0.4, -0.2) is 33.5 Å². The molecule has 2 aromatic carbocycles. The lowest BCUT2D eigenvalue weighted by atomic mass is 10.1. The molecule has 6 heteroatoms. The van der Waals surface area contributed by atoms with Crippen molar-refractivity contribution in [3.63, 3.8) is 0 Å². The Hall–Kier alpha value is -2.60. The lowest BCUT2D eigenvalue weighted by Crippen LogP contribution is -2.22.